The molecule has 2 aromatic heterocycles. The predicted molar refractivity (Wildman–Crippen MR) is 113 cm³/mol. The van der Waals surface area contributed by atoms with E-state index < -0.39 is 11.7 Å². The molecular formula is C22H23F3N6O. The maximum absolute atomic E-state index is 12.7. The number of amides is 2. The number of aromatic nitrogens is 3. The average Bonchev–Trinajstić information content (AvgIpc) is 3.22. The molecule has 7 nitrogen and oxygen atoms in total. The first-order valence-electron chi connectivity index (χ1n) is 10.3. The summed E-state index contributed by atoms with van der Waals surface area (Å²) >= 11 is 0. The topological polar surface area (TPSA) is 66.3 Å². The van der Waals surface area contributed by atoms with Gasteiger partial charge in [-0.25, -0.2) is 14.5 Å². The van der Waals surface area contributed by atoms with E-state index in [0.717, 1.165) is 23.5 Å². The molecule has 1 aliphatic rings. The van der Waals surface area contributed by atoms with Crippen LogP contribution in [0.15, 0.2) is 61.1 Å². The molecule has 1 N–H and O–H groups in total. The van der Waals surface area contributed by atoms with Gasteiger partial charge in [-0.1, -0.05) is 12.1 Å². The van der Waals surface area contributed by atoms with E-state index in [1.165, 1.54) is 6.07 Å². The van der Waals surface area contributed by atoms with Crippen LogP contribution in [0.2, 0.25) is 0 Å². The molecule has 1 aromatic carbocycles. The van der Waals surface area contributed by atoms with Gasteiger partial charge in [-0.2, -0.15) is 18.3 Å². The van der Waals surface area contributed by atoms with Crippen molar-refractivity contribution in [2.75, 3.05) is 31.1 Å². The monoisotopic (exact) mass is 444 g/mol. The highest BCUT2D eigenvalue weighted by atomic mass is 19.4. The molecule has 1 aliphatic heterocycles. The number of anilines is 1. The predicted octanol–water partition coefficient (Wildman–Crippen LogP) is 3.71. The molecule has 0 unspecified atom stereocenters. The molecule has 0 spiro atoms. The summed E-state index contributed by atoms with van der Waals surface area (Å²) in [6, 6.07) is 11.9. The summed E-state index contributed by atoms with van der Waals surface area (Å²) < 4.78 is 40.0. The van der Waals surface area contributed by atoms with Gasteiger partial charge in [-0.05, 0) is 42.3 Å². The van der Waals surface area contributed by atoms with Crippen molar-refractivity contribution in [3.63, 3.8) is 0 Å². The Labute approximate surface area is 183 Å². The molecule has 32 heavy (non-hydrogen) atoms. The van der Waals surface area contributed by atoms with Gasteiger partial charge in [-0.15, -0.1) is 0 Å². The largest absolute Gasteiger partial charge is 0.417 e. The Hall–Kier alpha value is -3.56. The molecule has 3 aromatic rings. The van der Waals surface area contributed by atoms with Gasteiger partial charge in [-0.3, -0.25) is 0 Å². The summed E-state index contributed by atoms with van der Waals surface area (Å²) in [7, 11) is 0. The molecule has 168 valence electrons. The molecule has 10 heteroatoms. The molecule has 0 bridgehead atoms. The lowest BCUT2D eigenvalue weighted by molar-refractivity contribution is -0.137. The third-order valence-electron chi connectivity index (χ3n) is 5.31. The van der Waals surface area contributed by atoms with Crippen LogP contribution in [0.25, 0.3) is 5.69 Å². The van der Waals surface area contributed by atoms with Crippen LogP contribution in [0.1, 0.15) is 17.5 Å². The zero-order valence-electron chi connectivity index (χ0n) is 17.3. The minimum absolute atomic E-state index is 0.170. The highest BCUT2D eigenvalue weighted by Gasteiger charge is 2.31. The van der Waals surface area contributed by atoms with E-state index in [0.29, 0.717) is 45.0 Å². The summed E-state index contributed by atoms with van der Waals surface area (Å²) in [6.07, 6.45) is 0.702. The fourth-order valence-corrected chi connectivity index (χ4v) is 3.61. The lowest BCUT2D eigenvalue weighted by atomic mass is 10.2. The number of nitrogens with zero attached hydrogens (tertiary/aromatic N) is 5. The van der Waals surface area contributed by atoms with Crippen molar-refractivity contribution in [2.24, 2.45) is 0 Å². The first-order valence-corrected chi connectivity index (χ1v) is 10.3. The van der Waals surface area contributed by atoms with Gasteiger partial charge < -0.3 is 15.1 Å². The van der Waals surface area contributed by atoms with Crippen LogP contribution in [0.3, 0.4) is 0 Å². The molecule has 3 heterocycles. The van der Waals surface area contributed by atoms with Gasteiger partial charge in [0.25, 0.3) is 0 Å². The van der Waals surface area contributed by atoms with Crippen LogP contribution in [0.4, 0.5) is 23.8 Å². The van der Waals surface area contributed by atoms with Crippen LogP contribution in [0.5, 0.6) is 0 Å². The SMILES string of the molecule is O=C(NCc1cccc(-n2cccn2)c1)N1CCCN(c2ccc(C(F)(F)F)cn2)CC1. The zero-order chi connectivity index (χ0) is 22.6. The zero-order valence-corrected chi connectivity index (χ0v) is 17.3. The van der Waals surface area contributed by atoms with Gasteiger partial charge in [0, 0.05) is 51.3 Å². The minimum Gasteiger partial charge on any atom is -0.355 e. The summed E-state index contributed by atoms with van der Waals surface area (Å²) in [4.78, 5) is 20.3. The van der Waals surface area contributed by atoms with E-state index in [2.05, 4.69) is 15.4 Å². The number of pyridine rings is 1. The second-order valence-corrected chi connectivity index (χ2v) is 7.51. The van der Waals surface area contributed by atoms with Gasteiger partial charge in [0.1, 0.15) is 5.82 Å². The lowest BCUT2D eigenvalue weighted by Crippen LogP contribution is -2.41. The smallest absolute Gasteiger partial charge is 0.355 e. The molecule has 1 saturated heterocycles. The van der Waals surface area contributed by atoms with Crippen molar-refractivity contribution in [1.82, 2.24) is 25.0 Å². The molecule has 4 rings (SSSR count). The maximum atomic E-state index is 12.7. The van der Waals surface area contributed by atoms with Crippen LogP contribution < -0.4 is 10.2 Å². The number of hydrogen-bond acceptors (Lipinski definition) is 4. The lowest BCUT2D eigenvalue weighted by Gasteiger charge is -2.23. The summed E-state index contributed by atoms with van der Waals surface area (Å²) in [6.45, 7) is 2.53. The van der Waals surface area contributed by atoms with E-state index in [9.17, 15) is 18.0 Å². The number of rotatable bonds is 4. The second kappa shape index (κ2) is 9.29. The Morgan fingerprint density at radius 2 is 1.94 bits per heavy atom. The quantitative estimate of drug-likeness (QED) is 0.666. The Morgan fingerprint density at radius 1 is 1.06 bits per heavy atom. The Bertz CT molecular complexity index is 1040. The number of benzene rings is 1. The molecular weight excluding hydrogens is 421 g/mol. The van der Waals surface area contributed by atoms with Crippen LogP contribution in [-0.2, 0) is 12.7 Å². The second-order valence-electron chi connectivity index (χ2n) is 7.51. The Kier molecular flexibility index (Phi) is 6.29. The van der Waals surface area contributed by atoms with Crippen LogP contribution >= 0.6 is 0 Å². The van der Waals surface area contributed by atoms with E-state index >= 15 is 0 Å². The fourth-order valence-electron chi connectivity index (χ4n) is 3.61. The van der Waals surface area contributed by atoms with E-state index in [4.69, 9.17) is 0 Å². The summed E-state index contributed by atoms with van der Waals surface area (Å²) in [5.41, 5.74) is 1.10. The molecule has 0 atom stereocenters. The average molecular weight is 444 g/mol. The standard InChI is InChI=1S/C22H23F3N6O/c23-22(24,25)18-6-7-20(26-16-18)29-9-3-10-30(13-12-29)21(32)27-15-17-4-1-5-19(14-17)31-11-2-8-28-31/h1-2,4-8,11,14,16H,3,9-10,12-13,15H2,(H,27,32). The fraction of sp³-hybridized carbons (Fsp3) is 0.318. The number of nitrogens with one attached hydrogen (secondary N) is 1. The molecule has 0 saturated carbocycles. The number of urea groups is 1. The third-order valence-corrected chi connectivity index (χ3v) is 5.31. The van der Waals surface area contributed by atoms with Gasteiger partial charge in [0.2, 0.25) is 0 Å². The molecule has 0 aliphatic carbocycles. The Morgan fingerprint density at radius 3 is 2.66 bits per heavy atom. The van der Waals surface area contributed by atoms with E-state index in [1.54, 1.807) is 15.8 Å². The number of alkyl halides is 3. The van der Waals surface area contributed by atoms with Crippen molar-refractivity contribution in [3.05, 3.63) is 72.2 Å². The Balaban J connectivity index is 1.32. The number of carbonyl (C=O) groups is 1. The third kappa shape index (κ3) is 5.19. The van der Waals surface area contributed by atoms with Crippen molar-refractivity contribution >= 4 is 11.8 Å². The number of carbonyl (C=O) groups excluding carboxylic acids is 1. The molecule has 1 fully saturated rings. The minimum atomic E-state index is -4.41. The van der Waals surface area contributed by atoms with Crippen LogP contribution in [-0.4, -0.2) is 51.9 Å². The molecule has 0 radical (unpaired) electrons. The van der Waals surface area contributed by atoms with Gasteiger partial charge in [0.15, 0.2) is 0 Å². The van der Waals surface area contributed by atoms with Crippen molar-refractivity contribution in [2.45, 2.75) is 19.1 Å². The van der Waals surface area contributed by atoms with Crippen LogP contribution in [0, 0.1) is 0 Å². The first-order chi connectivity index (χ1) is 15.4. The highest BCUT2D eigenvalue weighted by molar-refractivity contribution is 5.74. The van der Waals surface area contributed by atoms with Gasteiger partial charge in [0.05, 0.1) is 11.3 Å². The first kappa shape index (κ1) is 21.7. The number of hydrogen-bond donors (Lipinski definition) is 1. The normalized spacial score (nSPS) is 14.8. The highest BCUT2D eigenvalue weighted by Crippen LogP contribution is 2.29. The molecule has 2 amide bonds. The summed E-state index contributed by atoms with van der Waals surface area (Å²) in [5, 5.41) is 7.16. The summed E-state index contributed by atoms with van der Waals surface area (Å²) in [5.74, 6) is 0.482. The van der Waals surface area contributed by atoms with Crippen molar-refractivity contribution in [1.29, 1.82) is 0 Å². The van der Waals surface area contributed by atoms with E-state index in [-0.39, 0.29) is 6.03 Å². The number of halogens is 3. The van der Waals surface area contributed by atoms with E-state index in [1.807, 2.05) is 41.4 Å². The van der Waals surface area contributed by atoms with Crippen molar-refractivity contribution < 1.29 is 18.0 Å². The maximum Gasteiger partial charge on any atom is 0.417 e. The van der Waals surface area contributed by atoms with Crippen molar-refractivity contribution in [3.8, 4) is 5.69 Å². The van der Waals surface area contributed by atoms with Gasteiger partial charge >= 0.3 is 12.2 Å².